The van der Waals surface area contributed by atoms with Crippen molar-refractivity contribution < 1.29 is 22.4 Å². The summed E-state index contributed by atoms with van der Waals surface area (Å²) < 4.78 is 33.2. The van der Waals surface area contributed by atoms with Gasteiger partial charge in [-0.05, 0) is 73.9 Å². The fourth-order valence-electron chi connectivity index (χ4n) is 3.69. The molecule has 1 fully saturated rings. The molecule has 1 aliphatic heterocycles. The molecule has 2 aromatic carbocycles. The second-order valence-electron chi connectivity index (χ2n) is 7.62. The van der Waals surface area contributed by atoms with Gasteiger partial charge in [0.1, 0.15) is 6.04 Å². The minimum Gasteiger partial charge on any atom is -0.459 e. The zero-order chi connectivity index (χ0) is 23.4. The van der Waals surface area contributed by atoms with Crippen LogP contribution in [0.2, 0.25) is 5.02 Å². The van der Waals surface area contributed by atoms with Crippen LogP contribution in [0.25, 0.3) is 0 Å². The van der Waals surface area contributed by atoms with Gasteiger partial charge in [0.05, 0.1) is 11.2 Å². The molecule has 4 rings (SSSR count). The summed E-state index contributed by atoms with van der Waals surface area (Å²) in [5, 5.41) is 3.24. The predicted octanol–water partition coefficient (Wildman–Crippen LogP) is 4.37. The first-order valence-corrected chi connectivity index (χ1v) is 12.2. The van der Waals surface area contributed by atoms with E-state index in [9.17, 15) is 18.0 Å². The number of amides is 2. The fraction of sp³-hybridized carbons (Fsp3) is 0.217. The van der Waals surface area contributed by atoms with Gasteiger partial charge in [-0.15, -0.1) is 0 Å². The molecule has 0 saturated carbocycles. The molecule has 1 atom stereocenters. The zero-order valence-electron chi connectivity index (χ0n) is 17.5. The molecular weight excluding hydrogens is 466 g/mol. The average molecular weight is 488 g/mol. The van der Waals surface area contributed by atoms with Gasteiger partial charge >= 0.3 is 0 Å². The normalized spacial score (nSPS) is 16.3. The van der Waals surface area contributed by atoms with Crippen molar-refractivity contribution in [3.63, 3.8) is 0 Å². The number of carbonyl (C=O) groups excluding carboxylic acids is 2. The number of anilines is 2. The molecule has 33 heavy (non-hydrogen) atoms. The Morgan fingerprint density at radius 1 is 1.00 bits per heavy atom. The third-order valence-electron chi connectivity index (χ3n) is 5.31. The van der Waals surface area contributed by atoms with Crippen LogP contribution in [-0.2, 0) is 14.8 Å². The van der Waals surface area contributed by atoms with E-state index in [1.807, 2.05) is 0 Å². The number of nitrogens with one attached hydrogen (secondary N) is 2. The Bertz CT molecular complexity index is 1240. The van der Waals surface area contributed by atoms with Crippen molar-refractivity contribution in [2.24, 2.45) is 0 Å². The van der Waals surface area contributed by atoms with Crippen LogP contribution >= 0.6 is 11.6 Å². The van der Waals surface area contributed by atoms with E-state index in [1.54, 1.807) is 48.5 Å². The number of halogens is 1. The highest BCUT2D eigenvalue weighted by atomic mass is 35.5. The number of likely N-dealkylation sites (tertiary alicyclic amines) is 1. The lowest BCUT2D eigenvalue weighted by atomic mass is 10.0. The standard InChI is InChI=1S/C23H22ClN3O5S/c24-16-9-11-17(12-10-16)26-33(30,31)19-6-3-5-18(15-19)25-22(28)20-7-1-2-13-27(20)23(29)21-8-4-14-32-21/h3-6,8-12,14-15,20,26H,1-2,7,13H2,(H,25,28). The molecule has 0 bridgehead atoms. The summed E-state index contributed by atoms with van der Waals surface area (Å²) in [7, 11) is -3.88. The van der Waals surface area contributed by atoms with Gasteiger partial charge in [-0.25, -0.2) is 8.42 Å². The highest BCUT2D eigenvalue weighted by Crippen LogP contribution is 2.24. The minimum absolute atomic E-state index is 0.0117. The van der Waals surface area contributed by atoms with Gasteiger partial charge in [-0.2, -0.15) is 0 Å². The molecule has 0 spiro atoms. The SMILES string of the molecule is O=C(Nc1cccc(S(=O)(=O)Nc2ccc(Cl)cc2)c1)C1CCCCN1C(=O)c1ccco1. The number of carbonyl (C=O) groups is 2. The summed E-state index contributed by atoms with van der Waals surface area (Å²) in [4.78, 5) is 27.3. The van der Waals surface area contributed by atoms with Crippen LogP contribution in [0.4, 0.5) is 11.4 Å². The maximum atomic E-state index is 13.0. The lowest BCUT2D eigenvalue weighted by Gasteiger charge is -2.34. The number of hydrogen-bond donors (Lipinski definition) is 2. The molecule has 1 unspecified atom stereocenters. The van der Waals surface area contributed by atoms with Crippen molar-refractivity contribution in [2.45, 2.75) is 30.2 Å². The van der Waals surface area contributed by atoms with Crippen molar-refractivity contribution in [1.29, 1.82) is 0 Å². The molecule has 0 aliphatic carbocycles. The molecular formula is C23H22ClN3O5S. The smallest absolute Gasteiger partial charge is 0.290 e. The van der Waals surface area contributed by atoms with Gasteiger partial charge in [0.15, 0.2) is 5.76 Å². The second-order valence-corrected chi connectivity index (χ2v) is 9.74. The van der Waals surface area contributed by atoms with Gasteiger partial charge < -0.3 is 14.6 Å². The maximum absolute atomic E-state index is 13.0. The van der Waals surface area contributed by atoms with Crippen LogP contribution in [0.1, 0.15) is 29.8 Å². The van der Waals surface area contributed by atoms with Gasteiger partial charge in [-0.3, -0.25) is 14.3 Å². The Balaban J connectivity index is 1.49. The third-order valence-corrected chi connectivity index (χ3v) is 6.94. The van der Waals surface area contributed by atoms with Crippen molar-refractivity contribution in [3.8, 4) is 0 Å². The van der Waals surface area contributed by atoms with Crippen LogP contribution in [-0.4, -0.2) is 37.7 Å². The Morgan fingerprint density at radius 3 is 2.52 bits per heavy atom. The molecule has 8 nitrogen and oxygen atoms in total. The molecule has 1 aromatic heterocycles. The van der Waals surface area contributed by atoms with Crippen molar-refractivity contribution in [2.75, 3.05) is 16.6 Å². The first kappa shape index (κ1) is 22.9. The van der Waals surface area contributed by atoms with Crippen LogP contribution in [0.3, 0.4) is 0 Å². The summed E-state index contributed by atoms with van der Waals surface area (Å²) in [5.41, 5.74) is 0.679. The third kappa shape index (κ3) is 5.37. The summed E-state index contributed by atoms with van der Waals surface area (Å²) in [6, 6.07) is 14.7. The first-order chi connectivity index (χ1) is 15.8. The van der Waals surface area contributed by atoms with Gasteiger partial charge in [0.25, 0.3) is 15.9 Å². The number of furan rings is 1. The van der Waals surface area contributed by atoms with E-state index in [0.29, 0.717) is 29.4 Å². The molecule has 2 heterocycles. The largest absolute Gasteiger partial charge is 0.459 e. The molecule has 3 aromatic rings. The van der Waals surface area contributed by atoms with Crippen molar-refractivity contribution in [1.82, 2.24) is 4.90 Å². The number of rotatable bonds is 6. The Labute approximate surface area is 196 Å². The predicted molar refractivity (Wildman–Crippen MR) is 125 cm³/mol. The number of sulfonamides is 1. The number of benzene rings is 2. The minimum atomic E-state index is -3.88. The monoisotopic (exact) mass is 487 g/mol. The molecule has 0 radical (unpaired) electrons. The van der Waals surface area contributed by atoms with E-state index in [0.717, 1.165) is 12.8 Å². The Kier molecular flexibility index (Phi) is 6.71. The van der Waals surface area contributed by atoms with Crippen LogP contribution in [0.15, 0.2) is 76.2 Å². The number of nitrogens with zero attached hydrogens (tertiary/aromatic N) is 1. The summed E-state index contributed by atoms with van der Waals surface area (Å²) in [6.07, 6.45) is 3.52. The fourth-order valence-corrected chi connectivity index (χ4v) is 4.92. The van der Waals surface area contributed by atoms with Gasteiger partial charge in [0.2, 0.25) is 5.91 Å². The van der Waals surface area contributed by atoms with E-state index in [4.69, 9.17) is 16.0 Å². The van der Waals surface area contributed by atoms with Gasteiger partial charge in [0, 0.05) is 22.9 Å². The lowest BCUT2D eigenvalue weighted by Crippen LogP contribution is -2.49. The topological polar surface area (TPSA) is 109 Å². The molecule has 1 saturated heterocycles. The molecule has 2 N–H and O–H groups in total. The van der Waals surface area contributed by atoms with E-state index in [1.165, 1.54) is 23.3 Å². The van der Waals surface area contributed by atoms with Crippen LogP contribution < -0.4 is 10.0 Å². The highest BCUT2D eigenvalue weighted by Gasteiger charge is 2.33. The van der Waals surface area contributed by atoms with E-state index in [-0.39, 0.29) is 22.5 Å². The van der Waals surface area contributed by atoms with E-state index >= 15 is 0 Å². The summed E-state index contributed by atoms with van der Waals surface area (Å²) in [5.74, 6) is -0.547. The lowest BCUT2D eigenvalue weighted by molar-refractivity contribution is -0.121. The van der Waals surface area contributed by atoms with Crippen molar-refractivity contribution in [3.05, 3.63) is 77.7 Å². The Morgan fingerprint density at radius 2 is 1.79 bits per heavy atom. The van der Waals surface area contributed by atoms with Crippen molar-refractivity contribution >= 4 is 44.8 Å². The zero-order valence-corrected chi connectivity index (χ0v) is 19.1. The van der Waals surface area contributed by atoms with Crippen LogP contribution in [0.5, 0.6) is 0 Å². The Hall–Kier alpha value is -3.30. The van der Waals surface area contributed by atoms with E-state index in [2.05, 4.69) is 10.0 Å². The first-order valence-electron chi connectivity index (χ1n) is 10.4. The van der Waals surface area contributed by atoms with E-state index < -0.39 is 16.1 Å². The molecule has 10 heteroatoms. The maximum Gasteiger partial charge on any atom is 0.290 e. The molecule has 1 aliphatic rings. The number of piperidine rings is 1. The summed E-state index contributed by atoms with van der Waals surface area (Å²) >= 11 is 5.84. The molecule has 2 amide bonds. The molecule has 172 valence electrons. The average Bonchev–Trinajstić information content (AvgIpc) is 3.35. The van der Waals surface area contributed by atoms with Crippen LogP contribution in [0, 0.1) is 0 Å². The van der Waals surface area contributed by atoms with Gasteiger partial charge in [-0.1, -0.05) is 17.7 Å². The second kappa shape index (κ2) is 9.68. The highest BCUT2D eigenvalue weighted by molar-refractivity contribution is 7.92. The number of hydrogen-bond acceptors (Lipinski definition) is 5. The quantitative estimate of drug-likeness (QED) is 0.536. The summed E-state index contributed by atoms with van der Waals surface area (Å²) in [6.45, 7) is 0.442.